The van der Waals surface area contributed by atoms with E-state index < -0.39 is 0 Å². The van der Waals surface area contributed by atoms with Crippen LogP contribution in [-0.4, -0.2) is 25.4 Å². The van der Waals surface area contributed by atoms with Gasteiger partial charge in [0.15, 0.2) is 0 Å². The van der Waals surface area contributed by atoms with Crippen LogP contribution in [0, 0.1) is 0 Å². The average molecular weight is 136 g/mol. The summed E-state index contributed by atoms with van der Waals surface area (Å²) in [6, 6.07) is 0. The van der Waals surface area contributed by atoms with Gasteiger partial charge in [0, 0.05) is 12.4 Å². The van der Waals surface area contributed by atoms with E-state index in [2.05, 4.69) is 26.9 Å². The molecule has 1 N–H and O–H groups in total. The summed E-state index contributed by atoms with van der Waals surface area (Å²) in [5.41, 5.74) is 0. The van der Waals surface area contributed by atoms with Crippen molar-refractivity contribution in [3.05, 3.63) is 12.4 Å². The Bertz CT molecular complexity index is 202. The molecule has 1 rings (SSSR count). The molecule has 0 fully saturated rings. The van der Waals surface area contributed by atoms with Crippen molar-refractivity contribution in [2.75, 3.05) is 6.67 Å². The summed E-state index contributed by atoms with van der Waals surface area (Å²) in [4.78, 5) is 11.6. The molecule has 0 bridgehead atoms. The van der Waals surface area contributed by atoms with Gasteiger partial charge in [0.1, 0.15) is 12.5 Å². The zero-order valence-electron chi connectivity index (χ0n) is 5.49. The Labute approximate surface area is 59.1 Å². The second kappa shape index (κ2) is 3.55. The molecule has 0 aliphatic carbocycles. The van der Waals surface area contributed by atoms with E-state index in [4.69, 9.17) is 0 Å². The Hall–Kier alpha value is -1.45. The third-order valence-corrected chi connectivity index (χ3v) is 0.883. The Kier molecular flexibility index (Phi) is 2.37. The number of rotatable bonds is 0. The van der Waals surface area contributed by atoms with E-state index in [9.17, 15) is 0 Å². The van der Waals surface area contributed by atoms with Crippen molar-refractivity contribution in [2.45, 2.75) is 0 Å². The largest absolute Gasteiger partial charge is 0.357 e. The standard InChI is InChI=1S/C6H8N4/c1-6-9-3-2-7-4-8-5-10-6/h2-3,5H,1,4H2,(H,8,10)/b7-2-,9-3-. The van der Waals surface area contributed by atoms with Crippen LogP contribution in [0.3, 0.4) is 0 Å². The zero-order chi connectivity index (χ0) is 7.23. The van der Waals surface area contributed by atoms with Crippen LogP contribution >= 0.6 is 0 Å². The second-order valence-corrected chi connectivity index (χ2v) is 1.65. The lowest BCUT2D eigenvalue weighted by Crippen LogP contribution is -2.10. The molecule has 4 nitrogen and oxygen atoms in total. The molecule has 0 spiro atoms. The van der Waals surface area contributed by atoms with Crippen LogP contribution in [0.1, 0.15) is 0 Å². The summed E-state index contributed by atoms with van der Waals surface area (Å²) in [5.74, 6) is 0.473. The van der Waals surface area contributed by atoms with Gasteiger partial charge in [0.25, 0.3) is 0 Å². The van der Waals surface area contributed by atoms with Crippen LogP contribution in [0.2, 0.25) is 0 Å². The minimum atomic E-state index is 0.473. The molecular formula is C6H8N4. The highest BCUT2D eigenvalue weighted by molar-refractivity contribution is 6.16. The average Bonchev–Trinajstić information content (AvgIpc) is 2.02. The summed E-state index contributed by atoms with van der Waals surface area (Å²) in [6.07, 6.45) is 4.70. The first-order valence-electron chi connectivity index (χ1n) is 2.87. The highest BCUT2D eigenvalue weighted by atomic mass is 15.1. The Balaban J connectivity index is 2.64. The van der Waals surface area contributed by atoms with Crippen molar-refractivity contribution >= 4 is 18.8 Å². The van der Waals surface area contributed by atoms with Crippen LogP contribution in [-0.2, 0) is 0 Å². The summed E-state index contributed by atoms with van der Waals surface area (Å²) < 4.78 is 0. The van der Waals surface area contributed by atoms with E-state index in [-0.39, 0.29) is 0 Å². The van der Waals surface area contributed by atoms with Crippen LogP contribution in [0.5, 0.6) is 0 Å². The van der Waals surface area contributed by atoms with Gasteiger partial charge in [-0.3, -0.25) is 4.99 Å². The maximum absolute atomic E-state index is 3.91. The van der Waals surface area contributed by atoms with Crippen LogP contribution in [0.15, 0.2) is 27.4 Å². The maximum Gasteiger partial charge on any atom is 0.146 e. The normalized spacial score (nSPS) is 27.0. The van der Waals surface area contributed by atoms with Crippen molar-refractivity contribution in [2.24, 2.45) is 15.0 Å². The van der Waals surface area contributed by atoms with Gasteiger partial charge < -0.3 is 5.32 Å². The van der Waals surface area contributed by atoms with Gasteiger partial charge in [-0.15, -0.1) is 0 Å². The molecule has 0 saturated carbocycles. The molecule has 1 aliphatic heterocycles. The Morgan fingerprint density at radius 1 is 1.40 bits per heavy atom. The molecule has 0 aromatic carbocycles. The predicted molar refractivity (Wildman–Crippen MR) is 42.6 cm³/mol. The first-order chi connectivity index (χ1) is 4.89. The summed E-state index contributed by atoms with van der Waals surface area (Å²) in [5, 5.41) is 2.83. The first-order valence-corrected chi connectivity index (χ1v) is 2.87. The third kappa shape index (κ3) is 2.21. The Morgan fingerprint density at radius 3 is 3.20 bits per heavy atom. The van der Waals surface area contributed by atoms with Crippen LogP contribution in [0.25, 0.3) is 0 Å². The van der Waals surface area contributed by atoms with Gasteiger partial charge in [0.2, 0.25) is 0 Å². The molecule has 0 aromatic rings. The molecule has 0 radical (unpaired) electrons. The molecule has 0 saturated heterocycles. The molecular weight excluding hydrogens is 128 g/mol. The first kappa shape index (κ1) is 6.67. The van der Waals surface area contributed by atoms with Crippen molar-refractivity contribution in [1.82, 2.24) is 5.32 Å². The minimum Gasteiger partial charge on any atom is -0.357 e. The Morgan fingerprint density at radius 2 is 2.30 bits per heavy atom. The lowest BCUT2D eigenvalue weighted by molar-refractivity contribution is 0.949. The molecule has 0 unspecified atom stereocenters. The summed E-state index contributed by atoms with van der Waals surface area (Å²) in [7, 11) is 0. The highest BCUT2D eigenvalue weighted by Crippen LogP contribution is 1.90. The van der Waals surface area contributed by atoms with Gasteiger partial charge in [-0.05, 0) is 0 Å². The third-order valence-electron chi connectivity index (χ3n) is 0.883. The topological polar surface area (TPSA) is 49.1 Å². The van der Waals surface area contributed by atoms with Crippen molar-refractivity contribution in [3.8, 4) is 0 Å². The number of hydrogen-bond donors (Lipinski definition) is 1. The minimum absolute atomic E-state index is 0.473. The second-order valence-electron chi connectivity index (χ2n) is 1.65. The van der Waals surface area contributed by atoms with Crippen molar-refractivity contribution in [1.29, 1.82) is 0 Å². The van der Waals surface area contributed by atoms with Crippen LogP contribution in [0.4, 0.5) is 0 Å². The molecule has 1 heterocycles. The fraction of sp³-hybridized carbons (Fsp3) is 0.167. The van der Waals surface area contributed by atoms with E-state index in [1.807, 2.05) is 0 Å². The number of nitrogens with zero attached hydrogens (tertiary/aromatic N) is 3. The van der Waals surface area contributed by atoms with Crippen molar-refractivity contribution in [3.63, 3.8) is 0 Å². The molecule has 52 valence electrons. The fourth-order valence-corrected chi connectivity index (χ4v) is 0.466. The number of nitrogens with one attached hydrogen (secondary N) is 1. The zero-order valence-corrected chi connectivity index (χ0v) is 5.49. The number of aliphatic imine (C=N–C) groups is 3. The van der Waals surface area contributed by atoms with E-state index in [1.54, 1.807) is 12.4 Å². The predicted octanol–water partition coefficient (Wildman–Crippen LogP) is 0.188. The van der Waals surface area contributed by atoms with Gasteiger partial charge in [0.05, 0.1) is 6.34 Å². The quantitative estimate of drug-likeness (QED) is 0.507. The lowest BCUT2D eigenvalue weighted by atomic mass is 10.7. The molecule has 0 atom stereocenters. The smallest absolute Gasteiger partial charge is 0.146 e. The van der Waals surface area contributed by atoms with Gasteiger partial charge >= 0.3 is 0 Å². The molecule has 0 aromatic heterocycles. The fourth-order valence-electron chi connectivity index (χ4n) is 0.466. The molecule has 0 amide bonds. The molecule has 4 heteroatoms. The monoisotopic (exact) mass is 136 g/mol. The van der Waals surface area contributed by atoms with Crippen molar-refractivity contribution < 1.29 is 0 Å². The summed E-state index contributed by atoms with van der Waals surface area (Å²) in [6.45, 7) is 4.09. The number of hydrogen-bond acceptors (Lipinski definition) is 4. The SMILES string of the molecule is C=C1/N=C\C=N/CN/C=N\1. The maximum atomic E-state index is 3.91. The molecule has 10 heavy (non-hydrogen) atoms. The lowest BCUT2D eigenvalue weighted by Gasteiger charge is -1.89. The van der Waals surface area contributed by atoms with Gasteiger partial charge in [-0.1, -0.05) is 6.58 Å². The molecule has 1 aliphatic rings. The van der Waals surface area contributed by atoms with E-state index in [0.29, 0.717) is 12.5 Å². The highest BCUT2D eigenvalue weighted by Gasteiger charge is 1.81. The van der Waals surface area contributed by atoms with Gasteiger partial charge in [-0.2, -0.15) is 0 Å². The van der Waals surface area contributed by atoms with E-state index >= 15 is 0 Å². The summed E-state index contributed by atoms with van der Waals surface area (Å²) >= 11 is 0. The van der Waals surface area contributed by atoms with E-state index in [0.717, 1.165) is 0 Å². The van der Waals surface area contributed by atoms with Gasteiger partial charge in [-0.25, -0.2) is 9.98 Å². The van der Waals surface area contributed by atoms with E-state index in [1.165, 1.54) is 6.34 Å². The van der Waals surface area contributed by atoms with Crippen LogP contribution < -0.4 is 5.32 Å².